The molecule has 0 saturated heterocycles. The molecule has 1 atom stereocenters. The van der Waals surface area contributed by atoms with Crippen LogP contribution in [0.15, 0.2) is 30.3 Å². The molecule has 1 unspecified atom stereocenters. The van der Waals surface area contributed by atoms with Gasteiger partial charge in [0, 0.05) is 11.7 Å². The van der Waals surface area contributed by atoms with Gasteiger partial charge in [0.1, 0.15) is 5.82 Å². The van der Waals surface area contributed by atoms with E-state index in [1.165, 1.54) is 43.9 Å². The predicted molar refractivity (Wildman–Crippen MR) is 119 cm³/mol. The summed E-state index contributed by atoms with van der Waals surface area (Å²) in [5, 5.41) is 6.27. The molecule has 29 heavy (non-hydrogen) atoms. The fourth-order valence-electron chi connectivity index (χ4n) is 3.44. The topological polar surface area (TPSA) is 106 Å². The normalized spacial score (nSPS) is 16.4. The van der Waals surface area contributed by atoms with Crippen molar-refractivity contribution < 1.29 is 4.79 Å². The first-order valence-electron chi connectivity index (χ1n) is 10.3. The number of thioether (sulfide) groups is 1. The Labute approximate surface area is 176 Å². The van der Waals surface area contributed by atoms with E-state index in [2.05, 4.69) is 25.6 Å². The van der Waals surface area contributed by atoms with E-state index < -0.39 is 0 Å². The summed E-state index contributed by atoms with van der Waals surface area (Å²) < 4.78 is 0. The predicted octanol–water partition coefficient (Wildman–Crippen LogP) is 4.22. The lowest BCUT2D eigenvalue weighted by Crippen LogP contribution is -2.36. The van der Waals surface area contributed by atoms with Gasteiger partial charge in [0.15, 0.2) is 0 Å². The van der Waals surface area contributed by atoms with Crippen molar-refractivity contribution in [2.24, 2.45) is 0 Å². The van der Waals surface area contributed by atoms with E-state index in [-0.39, 0.29) is 17.1 Å². The maximum absolute atomic E-state index is 12.4. The van der Waals surface area contributed by atoms with Gasteiger partial charge in [0.2, 0.25) is 17.8 Å². The first-order chi connectivity index (χ1) is 14.1. The SMILES string of the molecule is CC(SCC(=O)NC1CCCCCCC1)c1nc(N)nc(Nc2ccccc2)n1. The summed E-state index contributed by atoms with van der Waals surface area (Å²) in [5.74, 6) is 1.60. The molecule has 7 nitrogen and oxygen atoms in total. The summed E-state index contributed by atoms with van der Waals surface area (Å²) in [4.78, 5) is 25.3. The molecule has 0 radical (unpaired) electrons. The van der Waals surface area contributed by atoms with Crippen molar-refractivity contribution in [3.63, 3.8) is 0 Å². The summed E-state index contributed by atoms with van der Waals surface area (Å²) in [6.45, 7) is 1.98. The number of para-hydroxylation sites is 1. The van der Waals surface area contributed by atoms with Gasteiger partial charge in [0.25, 0.3) is 0 Å². The molecule has 1 amide bonds. The zero-order valence-electron chi connectivity index (χ0n) is 16.9. The van der Waals surface area contributed by atoms with Crippen LogP contribution in [-0.2, 0) is 4.79 Å². The molecule has 1 aliphatic rings. The molecule has 0 spiro atoms. The first kappa shape index (κ1) is 21.4. The maximum Gasteiger partial charge on any atom is 0.232 e. The number of benzene rings is 1. The number of nitrogen functional groups attached to an aromatic ring is 1. The number of amides is 1. The van der Waals surface area contributed by atoms with Gasteiger partial charge in [0.05, 0.1) is 11.0 Å². The molecule has 8 heteroatoms. The minimum atomic E-state index is -0.0697. The number of aromatic nitrogens is 3. The van der Waals surface area contributed by atoms with Crippen molar-refractivity contribution in [2.45, 2.75) is 63.2 Å². The average molecular weight is 415 g/mol. The molecular weight excluding hydrogens is 384 g/mol. The summed E-state index contributed by atoms with van der Waals surface area (Å²) in [6, 6.07) is 9.98. The first-order valence-corrected chi connectivity index (χ1v) is 11.4. The third kappa shape index (κ3) is 7.20. The van der Waals surface area contributed by atoms with Crippen LogP contribution in [0, 0.1) is 0 Å². The van der Waals surface area contributed by atoms with Crippen LogP contribution in [0.3, 0.4) is 0 Å². The maximum atomic E-state index is 12.4. The van der Waals surface area contributed by atoms with Crippen molar-refractivity contribution in [3.05, 3.63) is 36.2 Å². The van der Waals surface area contributed by atoms with Crippen molar-refractivity contribution >= 4 is 35.3 Å². The molecule has 2 aromatic rings. The third-order valence-corrected chi connectivity index (χ3v) is 6.14. The highest BCUT2D eigenvalue weighted by Crippen LogP contribution is 2.27. The van der Waals surface area contributed by atoms with E-state index in [0.717, 1.165) is 18.5 Å². The Morgan fingerprint density at radius 2 is 1.79 bits per heavy atom. The summed E-state index contributed by atoms with van der Waals surface area (Å²) in [5.41, 5.74) is 6.74. The molecule has 0 bridgehead atoms. The Balaban J connectivity index is 1.53. The van der Waals surface area contributed by atoms with E-state index in [4.69, 9.17) is 5.73 Å². The Morgan fingerprint density at radius 3 is 2.52 bits per heavy atom. The average Bonchev–Trinajstić information content (AvgIpc) is 2.68. The molecule has 156 valence electrons. The number of rotatable bonds is 7. The number of hydrogen-bond donors (Lipinski definition) is 3. The second-order valence-corrected chi connectivity index (χ2v) is 8.76. The molecule has 0 aliphatic heterocycles. The minimum absolute atomic E-state index is 0.0697. The second kappa shape index (κ2) is 11.0. The Kier molecular flexibility index (Phi) is 8.10. The molecule has 4 N–H and O–H groups in total. The van der Waals surface area contributed by atoms with Gasteiger partial charge in [-0.2, -0.15) is 15.0 Å². The van der Waals surface area contributed by atoms with Crippen LogP contribution in [0.25, 0.3) is 0 Å². The number of nitrogens with one attached hydrogen (secondary N) is 2. The summed E-state index contributed by atoms with van der Waals surface area (Å²) in [6.07, 6.45) is 8.46. The highest BCUT2D eigenvalue weighted by atomic mass is 32.2. The molecule has 1 saturated carbocycles. The standard InChI is InChI=1S/C21H30N6OS/c1-15(29-14-18(28)23-16-10-6-3-2-4-7-11-16)19-25-20(22)27-21(26-19)24-17-12-8-5-9-13-17/h5,8-9,12-13,15-16H,2-4,6-7,10-11,14H2,1H3,(H,23,28)(H3,22,24,25,26,27). The van der Waals surface area contributed by atoms with Crippen LogP contribution in [0.2, 0.25) is 0 Å². The second-order valence-electron chi connectivity index (χ2n) is 7.43. The highest BCUT2D eigenvalue weighted by molar-refractivity contribution is 8.00. The quantitative estimate of drug-likeness (QED) is 0.623. The minimum Gasteiger partial charge on any atom is -0.368 e. The van der Waals surface area contributed by atoms with Gasteiger partial charge in [-0.05, 0) is 31.9 Å². The Morgan fingerprint density at radius 1 is 1.10 bits per heavy atom. The van der Waals surface area contributed by atoms with Gasteiger partial charge in [-0.25, -0.2) is 0 Å². The van der Waals surface area contributed by atoms with Crippen LogP contribution < -0.4 is 16.4 Å². The van der Waals surface area contributed by atoms with Crippen molar-refractivity contribution in [3.8, 4) is 0 Å². The Hall–Kier alpha value is -2.35. The zero-order valence-corrected chi connectivity index (χ0v) is 17.8. The Bertz CT molecular complexity index is 780. The van der Waals surface area contributed by atoms with E-state index in [0.29, 0.717) is 23.6 Å². The van der Waals surface area contributed by atoms with Crippen LogP contribution in [0.4, 0.5) is 17.6 Å². The lowest BCUT2D eigenvalue weighted by molar-refractivity contribution is -0.119. The number of carbonyl (C=O) groups is 1. The van der Waals surface area contributed by atoms with Gasteiger partial charge in [-0.15, -0.1) is 11.8 Å². The number of carbonyl (C=O) groups excluding carboxylic acids is 1. The van der Waals surface area contributed by atoms with Gasteiger partial charge in [-0.1, -0.05) is 50.3 Å². The molecule has 1 aromatic heterocycles. The van der Waals surface area contributed by atoms with Gasteiger partial charge in [-0.3, -0.25) is 4.79 Å². The molecule has 3 rings (SSSR count). The number of anilines is 3. The van der Waals surface area contributed by atoms with Crippen LogP contribution in [-0.4, -0.2) is 32.7 Å². The lowest BCUT2D eigenvalue weighted by atomic mass is 9.97. The largest absolute Gasteiger partial charge is 0.368 e. The molecular formula is C21H30N6OS. The van der Waals surface area contributed by atoms with E-state index in [1.807, 2.05) is 37.3 Å². The van der Waals surface area contributed by atoms with E-state index >= 15 is 0 Å². The third-order valence-electron chi connectivity index (χ3n) is 5.00. The van der Waals surface area contributed by atoms with Crippen molar-refractivity contribution in [1.82, 2.24) is 20.3 Å². The van der Waals surface area contributed by atoms with Crippen LogP contribution in [0.1, 0.15) is 62.9 Å². The number of hydrogen-bond acceptors (Lipinski definition) is 7. The van der Waals surface area contributed by atoms with E-state index in [9.17, 15) is 4.79 Å². The summed E-state index contributed by atoms with van der Waals surface area (Å²) in [7, 11) is 0. The molecule has 1 aliphatic carbocycles. The van der Waals surface area contributed by atoms with Gasteiger partial charge >= 0.3 is 0 Å². The van der Waals surface area contributed by atoms with Gasteiger partial charge < -0.3 is 16.4 Å². The lowest BCUT2D eigenvalue weighted by Gasteiger charge is -2.21. The fourth-order valence-corrected chi connectivity index (χ4v) is 4.18. The number of nitrogens with zero attached hydrogens (tertiary/aromatic N) is 3. The monoisotopic (exact) mass is 414 g/mol. The van der Waals surface area contributed by atoms with Crippen LogP contribution >= 0.6 is 11.8 Å². The molecule has 1 fully saturated rings. The smallest absolute Gasteiger partial charge is 0.232 e. The van der Waals surface area contributed by atoms with Crippen molar-refractivity contribution in [2.75, 3.05) is 16.8 Å². The zero-order chi connectivity index (χ0) is 20.5. The fraction of sp³-hybridized carbons (Fsp3) is 0.524. The summed E-state index contributed by atoms with van der Waals surface area (Å²) >= 11 is 1.51. The van der Waals surface area contributed by atoms with Crippen LogP contribution in [0.5, 0.6) is 0 Å². The van der Waals surface area contributed by atoms with Crippen molar-refractivity contribution in [1.29, 1.82) is 0 Å². The molecule has 1 heterocycles. The number of nitrogens with two attached hydrogens (primary N) is 1. The molecule has 1 aromatic carbocycles. The highest BCUT2D eigenvalue weighted by Gasteiger charge is 2.17. The van der Waals surface area contributed by atoms with E-state index in [1.54, 1.807) is 0 Å².